The lowest BCUT2D eigenvalue weighted by Crippen LogP contribution is -2.05. The molecule has 5 heteroatoms. The van der Waals surface area contributed by atoms with E-state index in [4.69, 9.17) is 0 Å². The summed E-state index contributed by atoms with van der Waals surface area (Å²) in [5, 5.41) is 7.25. The smallest absolute Gasteiger partial charge is 0.221 e. The Bertz CT molecular complexity index is 791. The van der Waals surface area contributed by atoms with E-state index >= 15 is 0 Å². The summed E-state index contributed by atoms with van der Waals surface area (Å²) in [6, 6.07) is 11.5. The number of nitrogens with one attached hydrogen (secondary N) is 1. The number of aryl methyl sites for hydroxylation is 1. The second kappa shape index (κ2) is 4.77. The van der Waals surface area contributed by atoms with Gasteiger partial charge in [-0.15, -0.1) is 0 Å². The van der Waals surface area contributed by atoms with Crippen LogP contribution in [0, 0.1) is 6.92 Å². The third-order valence-electron chi connectivity index (χ3n) is 2.97. The maximum absolute atomic E-state index is 11.1. The van der Waals surface area contributed by atoms with Crippen LogP contribution in [0.2, 0.25) is 0 Å². The van der Waals surface area contributed by atoms with E-state index in [-0.39, 0.29) is 5.91 Å². The second-order valence-electron chi connectivity index (χ2n) is 4.65. The number of fused-ring (bicyclic) bond motifs is 1. The van der Waals surface area contributed by atoms with Gasteiger partial charge < -0.3 is 5.32 Å². The fourth-order valence-corrected chi connectivity index (χ4v) is 2.12. The van der Waals surface area contributed by atoms with Crippen molar-refractivity contribution in [1.82, 2.24) is 14.6 Å². The molecule has 0 unspecified atom stereocenters. The quantitative estimate of drug-likeness (QED) is 0.775. The van der Waals surface area contributed by atoms with Crippen LogP contribution in [0.3, 0.4) is 0 Å². The number of anilines is 1. The fraction of sp³-hybridized carbons (Fsp3) is 0.133. The van der Waals surface area contributed by atoms with Gasteiger partial charge in [-0.3, -0.25) is 4.79 Å². The van der Waals surface area contributed by atoms with Crippen molar-refractivity contribution >= 4 is 17.2 Å². The minimum atomic E-state index is -0.0886. The molecule has 0 aliphatic carbocycles. The van der Waals surface area contributed by atoms with E-state index < -0.39 is 0 Å². The highest BCUT2D eigenvalue weighted by atomic mass is 16.1. The van der Waals surface area contributed by atoms with Gasteiger partial charge in [0.05, 0.1) is 17.6 Å². The summed E-state index contributed by atoms with van der Waals surface area (Å²) in [7, 11) is 0. The van der Waals surface area contributed by atoms with E-state index in [9.17, 15) is 4.79 Å². The van der Waals surface area contributed by atoms with Crippen molar-refractivity contribution in [2.45, 2.75) is 13.8 Å². The van der Waals surface area contributed by atoms with E-state index in [1.54, 1.807) is 6.20 Å². The first kappa shape index (κ1) is 12.3. The van der Waals surface area contributed by atoms with E-state index in [1.165, 1.54) is 6.92 Å². The zero-order valence-corrected chi connectivity index (χ0v) is 11.3. The molecule has 0 aliphatic heterocycles. The van der Waals surface area contributed by atoms with Crippen molar-refractivity contribution in [1.29, 1.82) is 0 Å². The van der Waals surface area contributed by atoms with Crippen molar-refractivity contribution in [2.75, 3.05) is 5.32 Å². The molecule has 0 bridgehead atoms. The first-order valence-electron chi connectivity index (χ1n) is 6.33. The van der Waals surface area contributed by atoms with Crippen LogP contribution < -0.4 is 5.32 Å². The van der Waals surface area contributed by atoms with Gasteiger partial charge in [0.2, 0.25) is 5.91 Å². The van der Waals surface area contributed by atoms with Crippen LogP contribution in [0.15, 0.2) is 42.6 Å². The van der Waals surface area contributed by atoms with Crippen LogP contribution in [0.4, 0.5) is 5.69 Å². The monoisotopic (exact) mass is 266 g/mol. The van der Waals surface area contributed by atoms with Gasteiger partial charge in [-0.25, -0.2) is 9.50 Å². The van der Waals surface area contributed by atoms with Gasteiger partial charge in [0.15, 0.2) is 5.65 Å². The molecular weight excluding hydrogens is 252 g/mol. The Morgan fingerprint density at radius 1 is 1.25 bits per heavy atom. The van der Waals surface area contributed by atoms with Crippen molar-refractivity contribution in [2.24, 2.45) is 0 Å². The number of rotatable bonds is 2. The van der Waals surface area contributed by atoms with Crippen LogP contribution >= 0.6 is 0 Å². The number of imidazole rings is 1. The van der Waals surface area contributed by atoms with Crippen molar-refractivity contribution in [3.63, 3.8) is 0 Å². The predicted molar refractivity (Wildman–Crippen MR) is 77.5 cm³/mol. The number of hydrogen-bond donors (Lipinski definition) is 1. The molecule has 2 heterocycles. The largest absolute Gasteiger partial charge is 0.326 e. The molecule has 3 aromatic rings. The van der Waals surface area contributed by atoms with Gasteiger partial charge in [-0.2, -0.15) is 5.10 Å². The highest BCUT2D eigenvalue weighted by molar-refractivity contribution is 5.89. The van der Waals surface area contributed by atoms with Crippen molar-refractivity contribution < 1.29 is 4.79 Å². The molecule has 0 atom stereocenters. The molecule has 3 rings (SSSR count). The number of nitrogens with zero attached hydrogens (tertiary/aromatic N) is 3. The van der Waals surface area contributed by atoms with Crippen molar-refractivity contribution in [3.8, 4) is 11.3 Å². The standard InChI is InChI=1S/C15H14N4O/c1-10-6-7-15-16-9-14(19(15)18-10)12-4-3-5-13(8-12)17-11(2)20/h3-9H,1-2H3,(H,17,20). The van der Waals surface area contributed by atoms with Gasteiger partial charge in [0.1, 0.15) is 0 Å². The summed E-state index contributed by atoms with van der Waals surface area (Å²) < 4.78 is 1.81. The van der Waals surface area contributed by atoms with E-state index in [1.807, 2.05) is 47.8 Å². The topological polar surface area (TPSA) is 59.3 Å². The molecule has 0 fully saturated rings. The maximum Gasteiger partial charge on any atom is 0.221 e. The summed E-state index contributed by atoms with van der Waals surface area (Å²) in [5.74, 6) is -0.0886. The number of carbonyl (C=O) groups is 1. The number of benzene rings is 1. The molecule has 20 heavy (non-hydrogen) atoms. The predicted octanol–water partition coefficient (Wildman–Crippen LogP) is 2.66. The highest BCUT2D eigenvalue weighted by Gasteiger charge is 2.08. The number of hydrogen-bond acceptors (Lipinski definition) is 3. The Morgan fingerprint density at radius 2 is 2.10 bits per heavy atom. The van der Waals surface area contributed by atoms with Crippen LogP contribution in [-0.2, 0) is 4.79 Å². The summed E-state index contributed by atoms with van der Waals surface area (Å²) in [6.07, 6.45) is 1.79. The van der Waals surface area contributed by atoms with Gasteiger partial charge in [-0.1, -0.05) is 12.1 Å². The normalized spacial score (nSPS) is 10.7. The zero-order valence-electron chi connectivity index (χ0n) is 11.3. The maximum atomic E-state index is 11.1. The van der Waals surface area contributed by atoms with Gasteiger partial charge in [-0.05, 0) is 31.2 Å². The third-order valence-corrected chi connectivity index (χ3v) is 2.97. The van der Waals surface area contributed by atoms with E-state index in [0.717, 1.165) is 28.3 Å². The Balaban J connectivity index is 2.11. The van der Waals surface area contributed by atoms with Crippen molar-refractivity contribution in [3.05, 3.63) is 48.3 Å². The lowest BCUT2D eigenvalue weighted by molar-refractivity contribution is -0.114. The Hall–Kier alpha value is -2.69. The summed E-state index contributed by atoms with van der Waals surface area (Å²) >= 11 is 0. The summed E-state index contributed by atoms with van der Waals surface area (Å²) in [4.78, 5) is 15.5. The molecule has 2 aromatic heterocycles. The SMILES string of the molecule is CC(=O)Nc1cccc(-c2cnc3ccc(C)nn23)c1. The van der Waals surface area contributed by atoms with Crippen LogP contribution in [-0.4, -0.2) is 20.5 Å². The summed E-state index contributed by atoms with van der Waals surface area (Å²) in [6.45, 7) is 3.43. The van der Waals surface area contributed by atoms with E-state index in [2.05, 4.69) is 15.4 Å². The fourth-order valence-electron chi connectivity index (χ4n) is 2.12. The number of aromatic nitrogens is 3. The zero-order chi connectivity index (χ0) is 14.1. The molecule has 0 radical (unpaired) electrons. The minimum Gasteiger partial charge on any atom is -0.326 e. The van der Waals surface area contributed by atoms with Crippen LogP contribution in [0.25, 0.3) is 16.9 Å². The molecule has 100 valence electrons. The first-order valence-corrected chi connectivity index (χ1v) is 6.33. The Morgan fingerprint density at radius 3 is 2.90 bits per heavy atom. The molecule has 0 saturated carbocycles. The second-order valence-corrected chi connectivity index (χ2v) is 4.65. The number of amides is 1. The average Bonchev–Trinajstić information content (AvgIpc) is 2.81. The molecule has 5 nitrogen and oxygen atoms in total. The summed E-state index contributed by atoms with van der Waals surface area (Å²) in [5.41, 5.74) is 4.35. The van der Waals surface area contributed by atoms with Gasteiger partial charge >= 0.3 is 0 Å². The average molecular weight is 266 g/mol. The number of carbonyl (C=O) groups excluding carboxylic acids is 1. The molecule has 1 aromatic carbocycles. The Kier molecular flexibility index (Phi) is 2.95. The first-order chi connectivity index (χ1) is 9.63. The molecule has 0 saturated heterocycles. The molecule has 1 amide bonds. The molecular formula is C15H14N4O. The van der Waals surface area contributed by atoms with Gasteiger partial charge in [0.25, 0.3) is 0 Å². The lowest BCUT2D eigenvalue weighted by Gasteiger charge is -2.05. The third kappa shape index (κ3) is 2.25. The molecule has 0 aliphatic rings. The highest BCUT2D eigenvalue weighted by Crippen LogP contribution is 2.23. The lowest BCUT2D eigenvalue weighted by atomic mass is 10.1. The van der Waals surface area contributed by atoms with Crippen LogP contribution in [0.1, 0.15) is 12.6 Å². The molecule has 1 N–H and O–H groups in total. The molecule has 0 spiro atoms. The Labute approximate surface area is 116 Å². The van der Waals surface area contributed by atoms with E-state index in [0.29, 0.717) is 0 Å². The van der Waals surface area contributed by atoms with Crippen LogP contribution in [0.5, 0.6) is 0 Å². The minimum absolute atomic E-state index is 0.0886. The van der Waals surface area contributed by atoms with Gasteiger partial charge in [0, 0.05) is 18.2 Å².